The van der Waals surface area contributed by atoms with Gasteiger partial charge >= 0.3 is 0 Å². The van der Waals surface area contributed by atoms with Crippen molar-refractivity contribution in [2.24, 2.45) is 0 Å². The fraction of sp³-hybridized carbons (Fsp3) is 0.167. The van der Waals surface area contributed by atoms with Crippen molar-refractivity contribution in [1.82, 2.24) is 24.1 Å². The number of aryl methyl sites for hydroxylation is 2. The minimum absolute atomic E-state index is 0.0358. The van der Waals surface area contributed by atoms with Gasteiger partial charge in [-0.1, -0.05) is 24.3 Å². The topological polar surface area (TPSA) is 65.1 Å². The molecule has 6 nitrogen and oxygen atoms in total. The van der Waals surface area contributed by atoms with Crippen molar-refractivity contribution < 1.29 is 4.79 Å². The quantitative estimate of drug-likeness (QED) is 0.419. The molecular weight excluding hydrogens is 374 g/mol. The summed E-state index contributed by atoms with van der Waals surface area (Å²) in [6, 6.07) is 17.8. The van der Waals surface area contributed by atoms with Gasteiger partial charge in [-0.25, -0.2) is 4.98 Å². The van der Waals surface area contributed by atoms with E-state index in [1.807, 2.05) is 83.7 Å². The summed E-state index contributed by atoms with van der Waals surface area (Å²) in [7, 11) is 0. The van der Waals surface area contributed by atoms with Crippen LogP contribution >= 0.6 is 0 Å². The van der Waals surface area contributed by atoms with Crippen molar-refractivity contribution in [3.05, 3.63) is 95.3 Å². The van der Waals surface area contributed by atoms with Gasteiger partial charge < -0.3 is 0 Å². The lowest BCUT2D eigenvalue weighted by atomic mass is 10.0. The van der Waals surface area contributed by atoms with Crippen molar-refractivity contribution in [3.8, 4) is 0 Å². The van der Waals surface area contributed by atoms with Crippen LogP contribution in [0.2, 0.25) is 0 Å². The first-order valence-corrected chi connectivity index (χ1v) is 9.93. The second-order valence-corrected chi connectivity index (χ2v) is 7.50. The lowest BCUT2D eigenvalue weighted by molar-refractivity contribution is 0.0987. The Hall–Kier alpha value is -3.80. The normalized spacial score (nSPS) is 11.4. The zero-order valence-electron chi connectivity index (χ0n) is 16.9. The molecule has 30 heavy (non-hydrogen) atoms. The number of pyridine rings is 2. The van der Waals surface area contributed by atoms with Gasteiger partial charge in [-0.15, -0.1) is 0 Å². The third kappa shape index (κ3) is 3.16. The summed E-state index contributed by atoms with van der Waals surface area (Å²) >= 11 is 0. The number of benzene rings is 1. The molecule has 1 aromatic carbocycles. The summed E-state index contributed by atoms with van der Waals surface area (Å²) in [6.45, 7) is 4.57. The maximum atomic E-state index is 13.1. The Bertz CT molecular complexity index is 1400. The molecule has 4 aromatic heterocycles. The van der Waals surface area contributed by atoms with Crippen LogP contribution in [-0.4, -0.2) is 29.9 Å². The van der Waals surface area contributed by atoms with Crippen molar-refractivity contribution in [3.63, 3.8) is 0 Å². The van der Waals surface area contributed by atoms with E-state index >= 15 is 0 Å². The first-order chi connectivity index (χ1) is 14.6. The molecule has 0 atom stereocenters. The van der Waals surface area contributed by atoms with Gasteiger partial charge in [0.25, 0.3) is 0 Å². The van der Waals surface area contributed by atoms with Crippen LogP contribution in [0.3, 0.4) is 0 Å². The molecule has 0 N–H and O–H groups in total. The molecule has 0 spiro atoms. The zero-order chi connectivity index (χ0) is 20.7. The summed E-state index contributed by atoms with van der Waals surface area (Å²) in [4.78, 5) is 22.0. The highest BCUT2D eigenvalue weighted by molar-refractivity contribution is 5.99. The number of rotatable bonds is 5. The molecule has 0 aliphatic rings. The summed E-state index contributed by atoms with van der Waals surface area (Å²) in [5.41, 5.74) is 6.22. The number of hydrogen-bond donors (Lipinski definition) is 0. The van der Waals surface area contributed by atoms with E-state index in [-0.39, 0.29) is 5.78 Å². The summed E-state index contributed by atoms with van der Waals surface area (Å²) in [5.74, 6) is 0.0358. The summed E-state index contributed by atoms with van der Waals surface area (Å²) in [6.07, 6.45) is 3.82. The predicted octanol–water partition coefficient (Wildman–Crippen LogP) is 4.17. The number of Topliss-reactive ketones (excluding diaryl/α,β-unsaturated/α-hetero) is 1. The molecule has 0 amide bonds. The van der Waals surface area contributed by atoms with E-state index in [1.54, 1.807) is 6.20 Å². The van der Waals surface area contributed by atoms with E-state index in [9.17, 15) is 4.79 Å². The van der Waals surface area contributed by atoms with Crippen LogP contribution in [-0.2, 0) is 13.0 Å². The fourth-order valence-corrected chi connectivity index (χ4v) is 4.02. The smallest absolute Gasteiger partial charge is 0.185 e. The molecular formula is C24H21N5O. The number of ketones is 1. The summed E-state index contributed by atoms with van der Waals surface area (Å²) < 4.78 is 3.80. The average molecular weight is 395 g/mol. The molecule has 0 radical (unpaired) electrons. The number of aromatic nitrogens is 5. The lowest BCUT2D eigenvalue weighted by Crippen LogP contribution is -2.07. The Labute approximate surface area is 173 Å². The highest BCUT2D eigenvalue weighted by Crippen LogP contribution is 2.25. The first-order valence-electron chi connectivity index (χ1n) is 9.93. The monoisotopic (exact) mass is 395 g/mol. The van der Waals surface area contributed by atoms with Crippen molar-refractivity contribution in [1.29, 1.82) is 0 Å². The van der Waals surface area contributed by atoms with E-state index in [2.05, 4.69) is 9.97 Å². The van der Waals surface area contributed by atoms with Gasteiger partial charge in [0.15, 0.2) is 5.78 Å². The largest absolute Gasteiger partial charge is 0.297 e. The van der Waals surface area contributed by atoms with Gasteiger partial charge in [-0.05, 0) is 49.7 Å². The first kappa shape index (κ1) is 18.2. The third-order valence-electron chi connectivity index (χ3n) is 5.35. The second kappa shape index (κ2) is 7.22. The molecule has 5 rings (SSSR count). The molecule has 0 bridgehead atoms. The number of carbonyl (C=O) groups excluding carboxylic acids is 1. The van der Waals surface area contributed by atoms with E-state index in [0.717, 1.165) is 39.2 Å². The van der Waals surface area contributed by atoms with Gasteiger partial charge in [0.2, 0.25) is 0 Å². The van der Waals surface area contributed by atoms with Crippen LogP contribution in [0.4, 0.5) is 0 Å². The van der Waals surface area contributed by atoms with Crippen LogP contribution < -0.4 is 0 Å². The number of fused-ring (bicyclic) bond motifs is 2. The molecule has 0 saturated carbocycles. The number of hydrogen-bond acceptors (Lipinski definition) is 4. The van der Waals surface area contributed by atoms with E-state index in [4.69, 9.17) is 5.10 Å². The van der Waals surface area contributed by atoms with E-state index in [0.29, 0.717) is 18.7 Å². The Morgan fingerprint density at radius 1 is 1.00 bits per heavy atom. The molecule has 0 unspecified atom stereocenters. The standard InChI is InChI=1S/C24H21N5O/c1-16-7-5-9-19(26-16)15-29-20-10-6-8-18(24(20)17(2)27-29)13-22(30)21-14-25-23-11-3-4-12-28(21)23/h3-12,14H,13,15H2,1-2H3. The maximum Gasteiger partial charge on any atom is 0.185 e. The second-order valence-electron chi connectivity index (χ2n) is 7.50. The number of imidazole rings is 1. The van der Waals surface area contributed by atoms with Crippen molar-refractivity contribution in [2.45, 2.75) is 26.8 Å². The molecule has 5 aromatic rings. The minimum atomic E-state index is 0.0358. The predicted molar refractivity (Wildman–Crippen MR) is 116 cm³/mol. The maximum absolute atomic E-state index is 13.1. The van der Waals surface area contributed by atoms with Gasteiger partial charge in [0.05, 0.1) is 29.6 Å². The van der Waals surface area contributed by atoms with Gasteiger partial charge in [-0.2, -0.15) is 5.10 Å². The Morgan fingerprint density at radius 3 is 2.73 bits per heavy atom. The molecule has 4 heterocycles. The lowest BCUT2D eigenvalue weighted by Gasteiger charge is -2.06. The molecule has 0 fully saturated rings. The van der Waals surface area contributed by atoms with E-state index in [1.165, 1.54) is 0 Å². The molecule has 148 valence electrons. The van der Waals surface area contributed by atoms with Crippen LogP contribution in [0, 0.1) is 13.8 Å². The van der Waals surface area contributed by atoms with Gasteiger partial charge in [0.1, 0.15) is 11.3 Å². The third-order valence-corrected chi connectivity index (χ3v) is 5.35. The Balaban J connectivity index is 1.51. The Kier molecular flexibility index (Phi) is 4.39. The molecule has 0 aliphatic carbocycles. The minimum Gasteiger partial charge on any atom is -0.297 e. The molecule has 0 aliphatic heterocycles. The van der Waals surface area contributed by atoms with Crippen LogP contribution in [0.1, 0.15) is 33.1 Å². The SMILES string of the molecule is Cc1cccc(Cn2nc(C)c3c(CC(=O)c4cnc5ccccn45)cccc32)n1. The van der Waals surface area contributed by atoms with Crippen LogP contribution in [0.25, 0.3) is 16.6 Å². The van der Waals surface area contributed by atoms with Crippen LogP contribution in [0.5, 0.6) is 0 Å². The molecule has 0 saturated heterocycles. The number of carbonyl (C=O) groups is 1. The van der Waals surface area contributed by atoms with Crippen molar-refractivity contribution >= 4 is 22.3 Å². The molecule has 6 heteroatoms. The summed E-state index contributed by atoms with van der Waals surface area (Å²) in [5, 5.41) is 5.78. The number of nitrogens with zero attached hydrogens (tertiary/aromatic N) is 5. The highest BCUT2D eigenvalue weighted by atomic mass is 16.1. The highest BCUT2D eigenvalue weighted by Gasteiger charge is 2.17. The average Bonchev–Trinajstić information content (AvgIpc) is 3.30. The zero-order valence-corrected chi connectivity index (χ0v) is 16.9. The van der Waals surface area contributed by atoms with Gasteiger partial charge in [0, 0.05) is 23.7 Å². The van der Waals surface area contributed by atoms with Crippen LogP contribution in [0.15, 0.2) is 67.0 Å². The fourth-order valence-electron chi connectivity index (χ4n) is 4.02. The van der Waals surface area contributed by atoms with Crippen molar-refractivity contribution in [2.75, 3.05) is 0 Å². The Morgan fingerprint density at radius 2 is 1.87 bits per heavy atom. The van der Waals surface area contributed by atoms with Gasteiger partial charge in [-0.3, -0.25) is 18.9 Å². The van der Waals surface area contributed by atoms with E-state index < -0.39 is 0 Å².